The molecular formula is C32H34FN3O5. The van der Waals surface area contributed by atoms with Gasteiger partial charge in [-0.05, 0) is 99.2 Å². The van der Waals surface area contributed by atoms with Crippen molar-refractivity contribution in [2.45, 2.75) is 51.7 Å². The van der Waals surface area contributed by atoms with Gasteiger partial charge in [-0.3, -0.25) is 4.90 Å². The average Bonchev–Trinajstić information content (AvgIpc) is 3.66. The van der Waals surface area contributed by atoms with E-state index in [4.69, 9.17) is 13.9 Å². The molecule has 0 bridgehead atoms. The molecule has 0 spiro atoms. The number of hydrogen-bond donors (Lipinski definition) is 2. The molecule has 2 aliphatic rings. The van der Waals surface area contributed by atoms with Gasteiger partial charge in [0.05, 0.1) is 24.3 Å². The van der Waals surface area contributed by atoms with Crippen LogP contribution in [-0.2, 0) is 6.54 Å². The Balaban J connectivity index is 1.19. The second-order valence-corrected chi connectivity index (χ2v) is 10.7. The summed E-state index contributed by atoms with van der Waals surface area (Å²) in [4.78, 5) is 18.4. The molecule has 3 aromatic carbocycles. The molecule has 2 heterocycles. The number of nitrogens with one attached hydrogen (secondary N) is 1. The number of carbonyl (C=O) groups is 1. The van der Waals surface area contributed by atoms with Gasteiger partial charge < -0.3 is 24.3 Å². The molecule has 1 unspecified atom stereocenters. The molecule has 6 rings (SSSR count). The van der Waals surface area contributed by atoms with Crippen molar-refractivity contribution in [3.05, 3.63) is 71.5 Å². The van der Waals surface area contributed by atoms with Crippen LogP contribution in [0.15, 0.2) is 59.0 Å². The van der Waals surface area contributed by atoms with Gasteiger partial charge in [0, 0.05) is 18.6 Å². The van der Waals surface area contributed by atoms with Crippen LogP contribution in [0.5, 0.6) is 11.5 Å². The van der Waals surface area contributed by atoms with Crippen molar-refractivity contribution >= 4 is 23.1 Å². The van der Waals surface area contributed by atoms with Crippen LogP contribution < -0.4 is 14.8 Å². The third-order valence-corrected chi connectivity index (χ3v) is 8.19. The number of aromatic carboxylic acids is 1. The van der Waals surface area contributed by atoms with Crippen molar-refractivity contribution < 1.29 is 28.2 Å². The lowest BCUT2D eigenvalue weighted by atomic mass is 9.99. The van der Waals surface area contributed by atoms with Crippen LogP contribution in [0.1, 0.15) is 49.0 Å². The van der Waals surface area contributed by atoms with Crippen molar-refractivity contribution in [2.24, 2.45) is 5.92 Å². The van der Waals surface area contributed by atoms with E-state index < -0.39 is 5.97 Å². The Morgan fingerprint density at radius 2 is 1.78 bits per heavy atom. The molecule has 3 atom stereocenters. The number of ether oxygens (including phenoxy) is 2. The van der Waals surface area contributed by atoms with E-state index in [0.29, 0.717) is 42.3 Å². The zero-order valence-corrected chi connectivity index (χ0v) is 23.2. The van der Waals surface area contributed by atoms with Gasteiger partial charge in [-0.15, -0.1) is 0 Å². The van der Waals surface area contributed by atoms with Gasteiger partial charge in [-0.2, -0.15) is 4.98 Å². The molecule has 1 aliphatic heterocycles. The van der Waals surface area contributed by atoms with Crippen LogP contribution in [0.2, 0.25) is 0 Å². The van der Waals surface area contributed by atoms with Gasteiger partial charge in [0.15, 0.2) is 5.58 Å². The van der Waals surface area contributed by atoms with E-state index in [1.54, 1.807) is 18.2 Å². The smallest absolute Gasteiger partial charge is 0.335 e. The second kappa shape index (κ2) is 11.4. The minimum Gasteiger partial charge on any atom is -0.493 e. The maximum atomic E-state index is 13.6. The summed E-state index contributed by atoms with van der Waals surface area (Å²) in [5, 5.41) is 12.8. The van der Waals surface area contributed by atoms with E-state index in [0.717, 1.165) is 60.5 Å². The lowest BCUT2D eigenvalue weighted by molar-refractivity contribution is 0.0697. The van der Waals surface area contributed by atoms with E-state index in [9.17, 15) is 14.3 Å². The van der Waals surface area contributed by atoms with Crippen LogP contribution in [0.4, 0.5) is 10.4 Å². The minimum absolute atomic E-state index is 0.179. The number of aromatic nitrogens is 1. The average molecular weight is 560 g/mol. The van der Waals surface area contributed by atoms with Gasteiger partial charge in [0.1, 0.15) is 22.8 Å². The number of carboxylic acid groups (broad SMARTS) is 1. The van der Waals surface area contributed by atoms with Crippen molar-refractivity contribution in [3.8, 4) is 22.6 Å². The number of oxazole rings is 1. The number of anilines is 1. The summed E-state index contributed by atoms with van der Waals surface area (Å²) in [5.41, 5.74) is 4.10. The molecule has 0 radical (unpaired) electrons. The fourth-order valence-electron chi connectivity index (χ4n) is 6.44. The molecule has 1 saturated carbocycles. The first-order valence-corrected chi connectivity index (χ1v) is 14.3. The SMILES string of the molecule is CCOc1cc(CN2CC[C@H]3C(Nc4nc5ccc(C(=O)O)cc5o4)CC[C@H]32)cc(OCC)c1-c1ccc(F)cc1. The van der Waals surface area contributed by atoms with E-state index in [-0.39, 0.29) is 17.4 Å². The first-order valence-electron chi connectivity index (χ1n) is 14.3. The summed E-state index contributed by atoms with van der Waals surface area (Å²) in [6, 6.07) is 16.4. The van der Waals surface area contributed by atoms with Gasteiger partial charge >= 0.3 is 5.97 Å². The van der Waals surface area contributed by atoms with E-state index in [2.05, 4.69) is 27.3 Å². The maximum Gasteiger partial charge on any atom is 0.335 e. The van der Waals surface area contributed by atoms with Gasteiger partial charge in [0.25, 0.3) is 6.01 Å². The Bertz CT molecular complexity index is 1530. The molecule has 41 heavy (non-hydrogen) atoms. The van der Waals surface area contributed by atoms with Crippen molar-refractivity contribution in [2.75, 3.05) is 25.1 Å². The Hall–Kier alpha value is -4.11. The topological polar surface area (TPSA) is 97.1 Å². The van der Waals surface area contributed by atoms with Crippen LogP contribution in [0.3, 0.4) is 0 Å². The summed E-state index contributed by atoms with van der Waals surface area (Å²) >= 11 is 0. The summed E-state index contributed by atoms with van der Waals surface area (Å²) < 4.78 is 31.7. The van der Waals surface area contributed by atoms with Gasteiger partial charge in [-0.25, -0.2) is 9.18 Å². The largest absolute Gasteiger partial charge is 0.493 e. The quantitative estimate of drug-likeness (QED) is 0.225. The molecule has 1 saturated heterocycles. The fourth-order valence-corrected chi connectivity index (χ4v) is 6.44. The predicted molar refractivity (Wildman–Crippen MR) is 154 cm³/mol. The second-order valence-electron chi connectivity index (χ2n) is 10.7. The molecule has 214 valence electrons. The summed E-state index contributed by atoms with van der Waals surface area (Å²) in [6.45, 7) is 6.70. The highest BCUT2D eigenvalue weighted by molar-refractivity contribution is 5.92. The molecule has 4 aromatic rings. The lowest BCUT2D eigenvalue weighted by Crippen LogP contribution is -2.32. The number of hydrogen-bond acceptors (Lipinski definition) is 7. The van der Waals surface area contributed by atoms with E-state index in [1.165, 1.54) is 24.3 Å². The molecule has 2 N–H and O–H groups in total. The van der Waals surface area contributed by atoms with E-state index >= 15 is 0 Å². The van der Waals surface area contributed by atoms with Crippen molar-refractivity contribution in [1.29, 1.82) is 0 Å². The number of fused-ring (bicyclic) bond motifs is 2. The number of likely N-dealkylation sites (tertiary alicyclic amines) is 1. The number of halogens is 1. The highest BCUT2D eigenvalue weighted by Gasteiger charge is 2.44. The summed E-state index contributed by atoms with van der Waals surface area (Å²) in [7, 11) is 0. The highest BCUT2D eigenvalue weighted by atomic mass is 19.1. The third-order valence-electron chi connectivity index (χ3n) is 8.19. The van der Waals surface area contributed by atoms with Crippen LogP contribution >= 0.6 is 0 Å². The fraction of sp³-hybridized carbons (Fsp3) is 0.375. The molecule has 1 aromatic heterocycles. The molecular weight excluding hydrogens is 525 g/mol. The Kier molecular flexibility index (Phi) is 7.53. The Morgan fingerprint density at radius 3 is 2.46 bits per heavy atom. The third kappa shape index (κ3) is 5.46. The number of carboxylic acids is 1. The van der Waals surface area contributed by atoms with Crippen molar-refractivity contribution in [1.82, 2.24) is 9.88 Å². The first-order chi connectivity index (χ1) is 19.9. The number of nitrogens with zero attached hydrogens (tertiary/aromatic N) is 2. The molecule has 2 fully saturated rings. The minimum atomic E-state index is -0.991. The van der Waals surface area contributed by atoms with Crippen molar-refractivity contribution in [3.63, 3.8) is 0 Å². The Labute approximate surface area is 238 Å². The molecule has 1 aliphatic carbocycles. The standard InChI is InChI=1S/C32H34FN3O5/c1-3-39-28-15-19(16-29(40-4-2)30(28)20-5-8-22(33)9-6-20)18-36-14-13-23-24(11-12-26(23)36)34-32-35-25-10-7-21(31(37)38)17-27(25)41-32/h5-10,15-17,23-24,26H,3-4,11-14,18H2,1-2H3,(H,34,35)(H,37,38)/t23-,24?,26+/m0/s1. The molecule has 8 nitrogen and oxygen atoms in total. The normalized spacial score (nSPS) is 20.3. The molecule has 0 amide bonds. The maximum absolute atomic E-state index is 13.6. The first kappa shape index (κ1) is 27.1. The molecule has 9 heteroatoms. The van der Waals surface area contributed by atoms with Crippen LogP contribution in [0, 0.1) is 11.7 Å². The Morgan fingerprint density at radius 1 is 1.05 bits per heavy atom. The van der Waals surface area contributed by atoms with Gasteiger partial charge in [0.2, 0.25) is 0 Å². The number of benzene rings is 3. The summed E-state index contributed by atoms with van der Waals surface area (Å²) in [6.07, 6.45) is 3.13. The predicted octanol–water partition coefficient (Wildman–Crippen LogP) is 6.59. The summed E-state index contributed by atoms with van der Waals surface area (Å²) in [5.74, 6) is 0.662. The highest BCUT2D eigenvalue weighted by Crippen LogP contribution is 2.43. The lowest BCUT2D eigenvalue weighted by Gasteiger charge is -2.25. The van der Waals surface area contributed by atoms with E-state index in [1.807, 2.05) is 13.8 Å². The zero-order valence-electron chi connectivity index (χ0n) is 23.2. The van der Waals surface area contributed by atoms with Crippen LogP contribution in [-0.4, -0.2) is 52.8 Å². The van der Waals surface area contributed by atoms with Gasteiger partial charge in [-0.1, -0.05) is 12.1 Å². The monoisotopic (exact) mass is 559 g/mol. The zero-order chi connectivity index (χ0) is 28.5. The number of rotatable bonds is 10. The van der Waals surface area contributed by atoms with Crippen LogP contribution in [0.25, 0.3) is 22.2 Å².